The number of pyridine rings is 1. The minimum absolute atomic E-state index is 0.0629. The van der Waals surface area contributed by atoms with Crippen molar-refractivity contribution in [1.82, 2.24) is 14.4 Å². The molecule has 1 saturated heterocycles. The highest BCUT2D eigenvalue weighted by Crippen LogP contribution is 2.33. The summed E-state index contributed by atoms with van der Waals surface area (Å²) in [6, 6.07) is 17.4. The van der Waals surface area contributed by atoms with Gasteiger partial charge in [-0.3, -0.25) is 9.69 Å². The molecule has 1 aromatic heterocycles. The van der Waals surface area contributed by atoms with E-state index in [0.29, 0.717) is 12.1 Å². The molecule has 4 rings (SSSR count). The number of aromatic nitrogens is 1. The predicted molar refractivity (Wildman–Crippen MR) is 131 cm³/mol. The number of hydrogen-bond donors (Lipinski definition) is 1. The fourth-order valence-corrected chi connectivity index (χ4v) is 4.52. The average molecular weight is 448 g/mol. The van der Waals surface area contributed by atoms with Crippen LogP contribution in [0.15, 0.2) is 59.4 Å². The Hall–Kier alpha value is -3.09. The van der Waals surface area contributed by atoms with Gasteiger partial charge in [0.25, 0.3) is 5.56 Å². The Morgan fingerprint density at radius 3 is 2.21 bits per heavy atom. The SMILES string of the molecule is COc1ccc(Cn2c(C)cc(O)c([C@H](c3ccc(C)cc3)N3CCN(C)CC3)c2=O)cc1. The number of benzene rings is 2. The van der Waals surface area contributed by atoms with Gasteiger partial charge in [-0.15, -0.1) is 0 Å². The molecule has 1 aliphatic rings. The van der Waals surface area contributed by atoms with Crippen molar-refractivity contribution in [1.29, 1.82) is 0 Å². The monoisotopic (exact) mass is 447 g/mol. The molecule has 33 heavy (non-hydrogen) atoms. The second kappa shape index (κ2) is 9.81. The smallest absolute Gasteiger partial charge is 0.259 e. The Labute approximate surface area is 195 Å². The first-order chi connectivity index (χ1) is 15.9. The molecule has 6 heteroatoms. The molecule has 1 N–H and O–H groups in total. The van der Waals surface area contributed by atoms with Crippen LogP contribution in [0.25, 0.3) is 0 Å². The zero-order valence-electron chi connectivity index (χ0n) is 19.9. The Balaban J connectivity index is 1.79. The number of hydrogen-bond acceptors (Lipinski definition) is 5. The highest BCUT2D eigenvalue weighted by atomic mass is 16.5. The number of likely N-dealkylation sites (N-methyl/N-ethyl adjacent to an activating group) is 1. The van der Waals surface area contributed by atoms with Crippen molar-refractivity contribution < 1.29 is 9.84 Å². The lowest BCUT2D eigenvalue weighted by Gasteiger charge is -2.38. The van der Waals surface area contributed by atoms with Crippen LogP contribution in [0, 0.1) is 13.8 Å². The van der Waals surface area contributed by atoms with Gasteiger partial charge in [-0.05, 0) is 50.2 Å². The van der Waals surface area contributed by atoms with Crippen molar-refractivity contribution in [2.75, 3.05) is 40.3 Å². The van der Waals surface area contributed by atoms with Gasteiger partial charge in [0.1, 0.15) is 11.5 Å². The summed E-state index contributed by atoms with van der Waals surface area (Å²) in [6.45, 7) is 7.88. The van der Waals surface area contributed by atoms with E-state index in [4.69, 9.17) is 4.74 Å². The van der Waals surface area contributed by atoms with Crippen LogP contribution >= 0.6 is 0 Å². The van der Waals surface area contributed by atoms with Crippen LogP contribution in [0.2, 0.25) is 0 Å². The topological polar surface area (TPSA) is 57.9 Å². The van der Waals surface area contributed by atoms with Crippen LogP contribution in [-0.2, 0) is 6.54 Å². The van der Waals surface area contributed by atoms with Gasteiger partial charge >= 0.3 is 0 Å². The molecule has 0 amide bonds. The third kappa shape index (κ3) is 4.97. The minimum Gasteiger partial charge on any atom is -0.507 e. The Kier molecular flexibility index (Phi) is 6.86. The number of aromatic hydroxyl groups is 1. The summed E-state index contributed by atoms with van der Waals surface area (Å²) in [5.74, 6) is 0.844. The Morgan fingerprint density at radius 2 is 1.61 bits per heavy atom. The zero-order chi connectivity index (χ0) is 23.5. The molecule has 174 valence electrons. The molecule has 2 heterocycles. The largest absolute Gasteiger partial charge is 0.507 e. The van der Waals surface area contributed by atoms with Crippen molar-refractivity contribution in [2.24, 2.45) is 0 Å². The average Bonchev–Trinajstić information content (AvgIpc) is 2.81. The number of rotatable bonds is 6. The normalized spacial score (nSPS) is 16.0. The molecular formula is C27H33N3O3. The molecule has 1 fully saturated rings. The molecule has 1 aliphatic heterocycles. The summed E-state index contributed by atoms with van der Waals surface area (Å²) >= 11 is 0. The minimum atomic E-state index is -0.297. The number of nitrogens with zero attached hydrogens (tertiary/aromatic N) is 3. The van der Waals surface area contributed by atoms with Crippen LogP contribution < -0.4 is 10.3 Å². The summed E-state index contributed by atoms with van der Waals surface area (Å²) in [4.78, 5) is 18.5. The fourth-order valence-electron chi connectivity index (χ4n) is 4.52. The second-order valence-corrected chi connectivity index (χ2v) is 8.98. The lowest BCUT2D eigenvalue weighted by Crippen LogP contribution is -2.47. The van der Waals surface area contributed by atoms with E-state index >= 15 is 0 Å². The van der Waals surface area contributed by atoms with Gasteiger partial charge in [-0.2, -0.15) is 0 Å². The summed E-state index contributed by atoms with van der Waals surface area (Å²) in [7, 11) is 3.75. The van der Waals surface area contributed by atoms with Crippen molar-refractivity contribution in [3.8, 4) is 11.5 Å². The van der Waals surface area contributed by atoms with E-state index in [1.165, 1.54) is 5.56 Å². The maximum absolute atomic E-state index is 13.9. The van der Waals surface area contributed by atoms with Gasteiger partial charge in [0, 0.05) is 31.9 Å². The van der Waals surface area contributed by atoms with E-state index in [0.717, 1.165) is 48.7 Å². The lowest BCUT2D eigenvalue weighted by atomic mass is 9.95. The van der Waals surface area contributed by atoms with Gasteiger partial charge in [0.2, 0.25) is 0 Å². The maximum Gasteiger partial charge on any atom is 0.259 e. The molecular weight excluding hydrogens is 414 g/mol. The highest BCUT2D eigenvalue weighted by Gasteiger charge is 2.30. The molecule has 3 aromatic rings. The number of ether oxygens (including phenoxy) is 1. The molecule has 0 bridgehead atoms. The van der Waals surface area contributed by atoms with Gasteiger partial charge < -0.3 is 19.3 Å². The fraction of sp³-hybridized carbons (Fsp3) is 0.370. The van der Waals surface area contributed by atoms with Crippen molar-refractivity contribution in [2.45, 2.75) is 26.4 Å². The van der Waals surface area contributed by atoms with E-state index in [-0.39, 0.29) is 17.4 Å². The third-order valence-electron chi connectivity index (χ3n) is 6.59. The molecule has 0 radical (unpaired) electrons. The molecule has 0 aliphatic carbocycles. The van der Waals surface area contributed by atoms with Crippen LogP contribution in [0.5, 0.6) is 11.5 Å². The summed E-state index contributed by atoms with van der Waals surface area (Å²) < 4.78 is 7.01. The van der Waals surface area contributed by atoms with Gasteiger partial charge in [-0.1, -0.05) is 42.0 Å². The predicted octanol–water partition coefficient (Wildman–Crippen LogP) is 3.56. The number of methoxy groups -OCH3 is 1. The van der Waals surface area contributed by atoms with Crippen molar-refractivity contribution in [3.05, 3.63) is 92.9 Å². The van der Waals surface area contributed by atoms with Gasteiger partial charge in [-0.25, -0.2) is 0 Å². The Bertz CT molecular complexity index is 1140. The Morgan fingerprint density at radius 1 is 0.970 bits per heavy atom. The van der Waals surface area contributed by atoms with E-state index < -0.39 is 0 Å². The molecule has 6 nitrogen and oxygen atoms in total. The summed E-state index contributed by atoms with van der Waals surface area (Å²) in [5, 5.41) is 11.0. The zero-order valence-corrected chi connectivity index (χ0v) is 19.9. The third-order valence-corrected chi connectivity index (χ3v) is 6.59. The molecule has 1 atom stereocenters. The summed E-state index contributed by atoms with van der Waals surface area (Å²) in [5.41, 5.74) is 4.23. The maximum atomic E-state index is 13.9. The van der Waals surface area contributed by atoms with E-state index in [2.05, 4.69) is 48.0 Å². The number of piperazine rings is 1. The number of aryl methyl sites for hydroxylation is 2. The first-order valence-electron chi connectivity index (χ1n) is 11.4. The summed E-state index contributed by atoms with van der Waals surface area (Å²) in [6.07, 6.45) is 0. The first-order valence-corrected chi connectivity index (χ1v) is 11.4. The van der Waals surface area contributed by atoms with E-state index in [1.807, 2.05) is 31.2 Å². The second-order valence-electron chi connectivity index (χ2n) is 8.98. The molecule has 0 spiro atoms. The molecule has 0 saturated carbocycles. The van der Waals surface area contributed by atoms with Crippen LogP contribution in [0.1, 0.15) is 34.0 Å². The standard InChI is InChI=1S/C27H33N3O3/c1-19-5-9-22(10-6-19)26(29-15-13-28(3)14-16-29)25-24(31)17-20(2)30(27(25)32)18-21-7-11-23(33-4)12-8-21/h5-12,17,26,31H,13-16,18H2,1-4H3/t26-/m0/s1. The quantitative estimate of drug-likeness (QED) is 0.626. The van der Waals surface area contributed by atoms with Crippen LogP contribution in [-0.4, -0.2) is 59.8 Å². The molecule has 0 unspecified atom stereocenters. The van der Waals surface area contributed by atoms with E-state index in [9.17, 15) is 9.90 Å². The van der Waals surface area contributed by atoms with E-state index in [1.54, 1.807) is 17.7 Å². The van der Waals surface area contributed by atoms with Crippen molar-refractivity contribution >= 4 is 0 Å². The highest BCUT2D eigenvalue weighted by molar-refractivity contribution is 5.42. The van der Waals surface area contributed by atoms with Gasteiger partial charge in [0.15, 0.2) is 0 Å². The van der Waals surface area contributed by atoms with Gasteiger partial charge in [0.05, 0.1) is 25.3 Å². The lowest BCUT2D eigenvalue weighted by molar-refractivity contribution is 0.125. The molecule has 2 aromatic carbocycles. The first kappa shape index (κ1) is 23.1. The van der Waals surface area contributed by atoms with Crippen LogP contribution in [0.3, 0.4) is 0 Å². The van der Waals surface area contributed by atoms with Crippen molar-refractivity contribution in [3.63, 3.8) is 0 Å². The van der Waals surface area contributed by atoms with Crippen LogP contribution in [0.4, 0.5) is 0 Å².